The molecule has 0 unspecified atom stereocenters. The molecule has 0 saturated carbocycles. The van der Waals surface area contributed by atoms with Crippen LogP contribution in [0.1, 0.15) is 0 Å². The Morgan fingerprint density at radius 3 is 1.15 bits per heavy atom. The fourth-order valence-corrected chi connectivity index (χ4v) is 9.07. The average molecular weight is 791 g/mol. The first-order valence-electron chi connectivity index (χ1n) is 21.3. The maximum absolute atomic E-state index is 2.40. The summed E-state index contributed by atoms with van der Waals surface area (Å²) in [6.07, 6.45) is 0. The lowest BCUT2D eigenvalue weighted by atomic mass is 9.92. The molecule has 1 heterocycles. The van der Waals surface area contributed by atoms with Crippen LogP contribution in [0.5, 0.6) is 0 Å². The van der Waals surface area contributed by atoms with Crippen molar-refractivity contribution in [2.24, 2.45) is 0 Å². The second-order valence-electron chi connectivity index (χ2n) is 15.7. The number of fused-ring (bicyclic) bond motifs is 3. The van der Waals surface area contributed by atoms with Gasteiger partial charge in [-0.15, -0.1) is 0 Å². The fourth-order valence-electron chi connectivity index (χ4n) is 9.07. The smallest absolute Gasteiger partial charge is 0.0541 e. The third kappa shape index (κ3) is 6.84. The Hall–Kier alpha value is -8.20. The largest absolute Gasteiger partial charge is 0.310 e. The summed E-state index contributed by atoms with van der Waals surface area (Å²) in [5.74, 6) is 0. The van der Waals surface area contributed by atoms with E-state index in [1.807, 2.05) is 0 Å². The number of hydrogen-bond donors (Lipinski definition) is 0. The first-order chi connectivity index (χ1) is 30.8. The van der Waals surface area contributed by atoms with Gasteiger partial charge in [-0.3, -0.25) is 0 Å². The van der Waals surface area contributed by atoms with Crippen LogP contribution in [-0.4, -0.2) is 4.57 Å². The molecule has 0 spiro atoms. The molecule has 1 aromatic heterocycles. The Bertz CT molecular complexity index is 3260. The number of anilines is 3. The van der Waals surface area contributed by atoms with Gasteiger partial charge < -0.3 is 9.47 Å². The average Bonchev–Trinajstić information content (AvgIpc) is 3.70. The molecule has 11 rings (SSSR count). The summed E-state index contributed by atoms with van der Waals surface area (Å²) in [6, 6.07) is 92.1. The number of nitrogens with zero attached hydrogens (tertiary/aromatic N) is 2. The Morgan fingerprint density at radius 1 is 0.242 bits per heavy atom. The van der Waals surface area contributed by atoms with Gasteiger partial charge in [0.1, 0.15) is 0 Å². The van der Waals surface area contributed by atoms with Crippen LogP contribution in [0, 0.1) is 0 Å². The van der Waals surface area contributed by atoms with Gasteiger partial charge >= 0.3 is 0 Å². The summed E-state index contributed by atoms with van der Waals surface area (Å²) in [6.45, 7) is 0. The molecule has 0 aliphatic rings. The van der Waals surface area contributed by atoms with E-state index >= 15 is 0 Å². The van der Waals surface area contributed by atoms with E-state index in [0.29, 0.717) is 0 Å². The highest BCUT2D eigenvalue weighted by molar-refractivity contribution is 6.09. The van der Waals surface area contributed by atoms with Crippen molar-refractivity contribution < 1.29 is 0 Å². The van der Waals surface area contributed by atoms with Gasteiger partial charge in [0.2, 0.25) is 0 Å². The van der Waals surface area contributed by atoms with Crippen LogP contribution in [0.2, 0.25) is 0 Å². The Labute approximate surface area is 362 Å². The predicted octanol–water partition coefficient (Wildman–Crippen LogP) is 16.6. The first kappa shape index (κ1) is 36.8. The molecule has 2 nitrogen and oxygen atoms in total. The van der Waals surface area contributed by atoms with E-state index in [0.717, 1.165) is 39.4 Å². The monoisotopic (exact) mass is 790 g/mol. The number of aromatic nitrogens is 1. The molecule has 10 aromatic carbocycles. The van der Waals surface area contributed by atoms with Crippen LogP contribution in [0.15, 0.2) is 255 Å². The molecule has 11 aromatic rings. The number of rotatable bonds is 9. The molecular formula is C60H42N2. The van der Waals surface area contributed by atoms with Crippen molar-refractivity contribution in [3.63, 3.8) is 0 Å². The van der Waals surface area contributed by atoms with Crippen LogP contribution in [0.25, 0.3) is 83.1 Å². The van der Waals surface area contributed by atoms with Crippen LogP contribution < -0.4 is 4.90 Å². The van der Waals surface area contributed by atoms with E-state index in [1.165, 1.54) is 60.8 Å². The van der Waals surface area contributed by atoms with Crippen molar-refractivity contribution >= 4 is 38.9 Å². The minimum Gasteiger partial charge on any atom is -0.310 e. The highest BCUT2D eigenvalue weighted by Gasteiger charge is 2.20. The highest BCUT2D eigenvalue weighted by Crippen LogP contribution is 2.44. The second-order valence-corrected chi connectivity index (χ2v) is 15.7. The van der Waals surface area contributed by atoms with Crippen molar-refractivity contribution in [1.29, 1.82) is 0 Å². The van der Waals surface area contributed by atoms with Gasteiger partial charge in [0, 0.05) is 33.5 Å². The van der Waals surface area contributed by atoms with E-state index in [2.05, 4.69) is 264 Å². The molecule has 0 fully saturated rings. The van der Waals surface area contributed by atoms with Crippen LogP contribution in [0.4, 0.5) is 17.1 Å². The van der Waals surface area contributed by atoms with Crippen molar-refractivity contribution in [1.82, 2.24) is 4.57 Å². The zero-order valence-corrected chi connectivity index (χ0v) is 34.1. The topological polar surface area (TPSA) is 8.17 Å². The Morgan fingerprint density at radius 2 is 0.629 bits per heavy atom. The summed E-state index contributed by atoms with van der Waals surface area (Å²) in [5, 5.41) is 2.51. The van der Waals surface area contributed by atoms with E-state index in [4.69, 9.17) is 0 Å². The molecule has 0 saturated heterocycles. The first-order valence-corrected chi connectivity index (χ1v) is 21.3. The van der Waals surface area contributed by atoms with Gasteiger partial charge in [-0.05, 0) is 116 Å². The van der Waals surface area contributed by atoms with E-state index in [-0.39, 0.29) is 0 Å². The van der Waals surface area contributed by atoms with Crippen molar-refractivity contribution in [3.8, 4) is 61.3 Å². The molecule has 0 bridgehead atoms. The zero-order valence-electron chi connectivity index (χ0n) is 34.1. The zero-order chi connectivity index (χ0) is 41.2. The summed E-state index contributed by atoms with van der Waals surface area (Å²) < 4.78 is 2.40. The molecule has 292 valence electrons. The van der Waals surface area contributed by atoms with Crippen LogP contribution in [-0.2, 0) is 0 Å². The van der Waals surface area contributed by atoms with E-state index in [9.17, 15) is 0 Å². The fraction of sp³-hybridized carbons (Fsp3) is 0. The normalized spacial score (nSPS) is 11.2. The third-order valence-electron chi connectivity index (χ3n) is 12.0. The van der Waals surface area contributed by atoms with E-state index < -0.39 is 0 Å². The summed E-state index contributed by atoms with van der Waals surface area (Å²) in [7, 11) is 0. The lowest BCUT2D eigenvalue weighted by Gasteiger charge is -2.28. The second kappa shape index (κ2) is 16.1. The highest BCUT2D eigenvalue weighted by atomic mass is 15.1. The van der Waals surface area contributed by atoms with Gasteiger partial charge in [0.25, 0.3) is 0 Å². The molecule has 0 aliphatic heterocycles. The van der Waals surface area contributed by atoms with E-state index in [1.54, 1.807) is 0 Å². The Kier molecular flexibility index (Phi) is 9.57. The summed E-state index contributed by atoms with van der Waals surface area (Å²) in [5.41, 5.74) is 18.6. The summed E-state index contributed by atoms with van der Waals surface area (Å²) >= 11 is 0. The Balaban J connectivity index is 1.10. The van der Waals surface area contributed by atoms with Gasteiger partial charge in [0.05, 0.1) is 11.0 Å². The summed E-state index contributed by atoms with van der Waals surface area (Å²) in [4.78, 5) is 2.40. The molecule has 0 aliphatic carbocycles. The molecule has 62 heavy (non-hydrogen) atoms. The molecule has 0 atom stereocenters. The maximum atomic E-state index is 2.40. The van der Waals surface area contributed by atoms with Crippen LogP contribution >= 0.6 is 0 Å². The number of benzene rings is 10. The molecular weight excluding hydrogens is 749 g/mol. The number of para-hydroxylation sites is 2. The van der Waals surface area contributed by atoms with Crippen LogP contribution in [0.3, 0.4) is 0 Å². The molecule has 2 heteroatoms. The molecule has 0 radical (unpaired) electrons. The lowest BCUT2D eigenvalue weighted by molar-refractivity contribution is 1.18. The number of hydrogen-bond acceptors (Lipinski definition) is 1. The predicted molar refractivity (Wildman–Crippen MR) is 263 cm³/mol. The maximum Gasteiger partial charge on any atom is 0.0541 e. The van der Waals surface area contributed by atoms with Crippen molar-refractivity contribution in [2.45, 2.75) is 0 Å². The molecule has 0 amide bonds. The standard InChI is InChI=1S/C60H42N2/c1-5-18-43(19-6-1)44-32-34-49(35-33-44)61(51-36-38-53(45-20-7-2-8-21-45)57(41-51)46-22-9-3-10-23-46)52-37-39-54(58(42-52)47-24-11-4-12-25-47)48-26-17-27-50(40-48)62-59-30-15-13-28-55(59)56-29-14-16-31-60(56)62/h1-42H. The SMILES string of the molecule is c1ccc(-c2ccc(N(c3ccc(-c4ccccc4)c(-c4ccccc4)c3)c3ccc(-c4cccc(-n5c6ccccc6c6ccccc65)c4)c(-c4ccccc4)c3)cc2)cc1. The van der Waals surface area contributed by atoms with Gasteiger partial charge in [-0.2, -0.15) is 0 Å². The molecule has 0 N–H and O–H groups in total. The minimum absolute atomic E-state index is 1.07. The van der Waals surface area contributed by atoms with Gasteiger partial charge in [-0.25, -0.2) is 0 Å². The van der Waals surface area contributed by atoms with Crippen molar-refractivity contribution in [3.05, 3.63) is 255 Å². The van der Waals surface area contributed by atoms with Crippen molar-refractivity contribution in [2.75, 3.05) is 4.90 Å². The lowest BCUT2D eigenvalue weighted by Crippen LogP contribution is -2.10. The minimum atomic E-state index is 1.07. The third-order valence-corrected chi connectivity index (χ3v) is 12.0. The quantitative estimate of drug-likeness (QED) is 0.141. The van der Waals surface area contributed by atoms with Gasteiger partial charge in [-0.1, -0.05) is 194 Å². The van der Waals surface area contributed by atoms with Gasteiger partial charge in [0.15, 0.2) is 0 Å².